The van der Waals surface area contributed by atoms with Crippen LogP contribution in [0.1, 0.15) is 85.5 Å². The molecule has 0 aromatic carbocycles. The number of ketones is 2. The zero-order valence-corrected chi connectivity index (χ0v) is 26.0. The Kier molecular flexibility index (Phi) is 9.75. The molecular weight excluding hydrogens is 572 g/mol. The summed E-state index contributed by atoms with van der Waals surface area (Å²) in [6.45, 7) is 6.08. The number of ether oxygens (including phenoxy) is 1. The number of esters is 1. The number of fused-ring (bicyclic) bond motifs is 5. The molecule has 0 aromatic rings. The van der Waals surface area contributed by atoms with Crippen LogP contribution in [0.15, 0.2) is 11.6 Å². The van der Waals surface area contributed by atoms with Gasteiger partial charge in [0.15, 0.2) is 12.4 Å². The third kappa shape index (κ3) is 6.20. The van der Waals surface area contributed by atoms with Gasteiger partial charge in [-0.2, -0.15) is 0 Å². The summed E-state index contributed by atoms with van der Waals surface area (Å²) in [5, 5.41) is 36.8. The van der Waals surface area contributed by atoms with Crippen molar-refractivity contribution in [1.29, 1.82) is 0 Å². The van der Waals surface area contributed by atoms with Crippen molar-refractivity contribution in [2.75, 3.05) is 13.2 Å². The molecule has 0 radical (unpaired) electrons. The second-order valence-electron chi connectivity index (χ2n) is 14.0. The molecule has 0 spiro atoms. The molecule has 0 aliphatic heterocycles. The van der Waals surface area contributed by atoms with Gasteiger partial charge in [0.05, 0.1) is 12.5 Å². The van der Waals surface area contributed by atoms with E-state index in [-0.39, 0.29) is 60.6 Å². The third-order valence-corrected chi connectivity index (χ3v) is 11.1. The van der Waals surface area contributed by atoms with Crippen molar-refractivity contribution in [2.45, 2.75) is 103 Å². The van der Waals surface area contributed by atoms with Crippen LogP contribution in [0.2, 0.25) is 0 Å². The fourth-order valence-electron chi connectivity index (χ4n) is 8.76. The third-order valence-electron chi connectivity index (χ3n) is 11.1. The first-order chi connectivity index (χ1) is 20.5. The second kappa shape index (κ2) is 12.7. The van der Waals surface area contributed by atoms with E-state index in [0.29, 0.717) is 19.3 Å². The Morgan fingerprint density at radius 1 is 1.07 bits per heavy atom. The standard InChI is InChI=1S/C32H46N2O10/c1-17(2)28(29(42)33-15-25(39)40)34-24(38)7-8-26(41)44-16-23(37)32(43)12-10-21-20-6-5-18-13-19(35)9-11-30(18,3)27(20)22(36)14-31(21,32)4/h13,17,20-22,27-28,36,43H,5-12,14-16H2,1-4H3,(H,33,42)(H,34,38)(H,39,40)/t20?,21?,22?,27?,28?,30-,31-,32-/m0/s1. The molecule has 4 aliphatic carbocycles. The minimum atomic E-state index is -1.78. The summed E-state index contributed by atoms with van der Waals surface area (Å²) in [5.41, 5.74) is -1.88. The summed E-state index contributed by atoms with van der Waals surface area (Å²) in [5.74, 6) is -4.15. The molecule has 44 heavy (non-hydrogen) atoms. The molecule has 12 heteroatoms. The van der Waals surface area contributed by atoms with Crippen LogP contribution in [-0.4, -0.2) is 81.5 Å². The number of carbonyl (C=O) groups excluding carboxylic acids is 5. The number of carboxylic acids is 1. The van der Waals surface area contributed by atoms with Crippen LogP contribution < -0.4 is 10.6 Å². The van der Waals surface area contributed by atoms with Gasteiger partial charge in [0.2, 0.25) is 17.6 Å². The predicted octanol–water partition coefficient (Wildman–Crippen LogP) is 1.45. The van der Waals surface area contributed by atoms with Crippen molar-refractivity contribution in [1.82, 2.24) is 10.6 Å². The Morgan fingerprint density at radius 2 is 1.77 bits per heavy atom. The smallest absolute Gasteiger partial charge is 0.322 e. The quantitative estimate of drug-likeness (QED) is 0.211. The van der Waals surface area contributed by atoms with Crippen LogP contribution in [0.4, 0.5) is 0 Å². The largest absolute Gasteiger partial charge is 0.480 e. The van der Waals surface area contributed by atoms with Gasteiger partial charge in [-0.3, -0.25) is 28.8 Å². The van der Waals surface area contributed by atoms with E-state index in [0.717, 1.165) is 18.4 Å². The number of carbonyl (C=O) groups is 6. The molecule has 4 aliphatic rings. The van der Waals surface area contributed by atoms with Crippen molar-refractivity contribution >= 4 is 35.3 Å². The molecule has 8 atom stereocenters. The van der Waals surface area contributed by atoms with E-state index in [1.807, 2.05) is 6.92 Å². The molecule has 3 saturated carbocycles. The molecule has 5 unspecified atom stereocenters. The molecule has 0 aromatic heterocycles. The lowest BCUT2D eigenvalue weighted by Crippen LogP contribution is -2.62. The number of aliphatic carboxylic acids is 1. The minimum Gasteiger partial charge on any atom is -0.480 e. The number of aliphatic hydroxyl groups is 2. The first kappa shape index (κ1) is 33.8. The van der Waals surface area contributed by atoms with Gasteiger partial charge in [0, 0.05) is 18.3 Å². The summed E-state index contributed by atoms with van der Waals surface area (Å²) >= 11 is 0. The highest BCUT2D eigenvalue weighted by Gasteiger charge is 2.68. The van der Waals surface area contributed by atoms with Crippen molar-refractivity contribution < 1.29 is 48.8 Å². The number of aliphatic hydroxyl groups excluding tert-OH is 1. The Balaban J connectivity index is 1.33. The number of hydrogen-bond acceptors (Lipinski definition) is 9. The maximum absolute atomic E-state index is 13.4. The molecular formula is C32H46N2O10. The van der Waals surface area contributed by atoms with Crippen LogP contribution in [0, 0.1) is 34.5 Å². The average molecular weight is 619 g/mol. The zero-order valence-electron chi connectivity index (χ0n) is 26.0. The van der Waals surface area contributed by atoms with Crippen molar-refractivity contribution in [3.63, 3.8) is 0 Å². The fourth-order valence-corrected chi connectivity index (χ4v) is 8.76. The summed E-state index contributed by atoms with van der Waals surface area (Å²) in [7, 11) is 0. The summed E-state index contributed by atoms with van der Waals surface area (Å²) in [6, 6.07) is -0.995. The molecule has 0 saturated heterocycles. The number of allylic oxidation sites excluding steroid dienone is 1. The molecule has 0 bridgehead atoms. The number of rotatable bonds is 11. The maximum atomic E-state index is 13.4. The van der Waals surface area contributed by atoms with E-state index in [9.17, 15) is 39.0 Å². The molecule has 244 valence electrons. The van der Waals surface area contributed by atoms with E-state index in [1.165, 1.54) is 0 Å². The fraction of sp³-hybridized carbons (Fsp3) is 0.750. The molecule has 0 heterocycles. The summed E-state index contributed by atoms with van der Waals surface area (Å²) in [4.78, 5) is 73.4. The van der Waals surface area contributed by atoms with E-state index in [1.54, 1.807) is 19.9 Å². The van der Waals surface area contributed by atoms with E-state index < -0.39 is 65.8 Å². The normalized spacial score (nSPS) is 35.0. The van der Waals surface area contributed by atoms with Gasteiger partial charge in [0.25, 0.3) is 0 Å². The van der Waals surface area contributed by atoms with E-state index >= 15 is 0 Å². The lowest BCUT2D eigenvalue weighted by Gasteiger charge is -2.60. The second-order valence-corrected chi connectivity index (χ2v) is 14.0. The van der Waals surface area contributed by atoms with Crippen LogP contribution >= 0.6 is 0 Å². The molecule has 5 N–H and O–H groups in total. The Labute approximate surface area is 257 Å². The van der Waals surface area contributed by atoms with Crippen molar-refractivity contribution in [3.05, 3.63) is 11.6 Å². The zero-order chi connectivity index (χ0) is 32.6. The van der Waals surface area contributed by atoms with E-state index in [4.69, 9.17) is 9.84 Å². The lowest BCUT2D eigenvalue weighted by atomic mass is 9.45. The number of amides is 2. The van der Waals surface area contributed by atoms with Gasteiger partial charge in [-0.05, 0) is 73.7 Å². The molecule has 2 amide bonds. The van der Waals surface area contributed by atoms with Gasteiger partial charge in [-0.1, -0.05) is 33.3 Å². The highest BCUT2D eigenvalue weighted by atomic mass is 16.5. The Hall–Kier alpha value is -3.12. The number of nitrogens with one attached hydrogen (secondary N) is 2. The average Bonchev–Trinajstić information content (AvgIpc) is 3.22. The number of Topliss-reactive ketones (excluding diaryl/α,β-unsaturated/α-hetero) is 1. The van der Waals surface area contributed by atoms with Gasteiger partial charge in [-0.25, -0.2) is 0 Å². The van der Waals surface area contributed by atoms with Gasteiger partial charge in [-0.15, -0.1) is 0 Å². The number of carboxylic acid groups (broad SMARTS) is 1. The Morgan fingerprint density at radius 3 is 2.43 bits per heavy atom. The maximum Gasteiger partial charge on any atom is 0.322 e. The monoisotopic (exact) mass is 618 g/mol. The molecule has 12 nitrogen and oxygen atoms in total. The molecule has 3 fully saturated rings. The highest BCUT2D eigenvalue weighted by molar-refractivity contribution is 5.93. The van der Waals surface area contributed by atoms with E-state index in [2.05, 4.69) is 17.6 Å². The van der Waals surface area contributed by atoms with Gasteiger partial charge >= 0.3 is 11.9 Å². The van der Waals surface area contributed by atoms with Crippen LogP contribution in [0.25, 0.3) is 0 Å². The predicted molar refractivity (Wildman–Crippen MR) is 156 cm³/mol. The van der Waals surface area contributed by atoms with Crippen LogP contribution in [-0.2, 0) is 33.5 Å². The van der Waals surface area contributed by atoms with Crippen molar-refractivity contribution in [2.24, 2.45) is 34.5 Å². The van der Waals surface area contributed by atoms with Crippen LogP contribution in [0.5, 0.6) is 0 Å². The topological polar surface area (TPSA) is 196 Å². The first-order valence-corrected chi connectivity index (χ1v) is 15.7. The summed E-state index contributed by atoms with van der Waals surface area (Å²) < 4.78 is 5.18. The van der Waals surface area contributed by atoms with Crippen LogP contribution in [0.3, 0.4) is 0 Å². The van der Waals surface area contributed by atoms with Gasteiger partial charge in [0.1, 0.15) is 18.2 Å². The lowest BCUT2D eigenvalue weighted by molar-refractivity contribution is -0.184. The first-order valence-electron chi connectivity index (χ1n) is 15.7. The summed E-state index contributed by atoms with van der Waals surface area (Å²) in [6.07, 6.45) is 4.01. The minimum absolute atomic E-state index is 0.0122. The van der Waals surface area contributed by atoms with Crippen molar-refractivity contribution in [3.8, 4) is 0 Å². The Bertz CT molecular complexity index is 1250. The molecule has 4 rings (SSSR count). The SMILES string of the molecule is CC(C)C(NC(=O)CCC(=O)OCC(=O)[C@@]1(O)CCC2C3CCC4=CC(=O)CC[C@]4(C)C3C(O)C[C@@]21C)C(=O)NCC(=O)O. The number of hydrogen-bond donors (Lipinski definition) is 5. The highest BCUT2D eigenvalue weighted by Crippen LogP contribution is 2.67. The van der Waals surface area contributed by atoms with Gasteiger partial charge < -0.3 is 30.7 Å².